The largest absolute Gasteiger partial charge is 0.298 e. The Labute approximate surface area is 116 Å². The highest BCUT2D eigenvalue weighted by molar-refractivity contribution is 5.92. The van der Waals surface area contributed by atoms with E-state index < -0.39 is 0 Å². The number of carbonyl (C=O) groups is 1. The fourth-order valence-electron chi connectivity index (χ4n) is 2.03. The van der Waals surface area contributed by atoms with Gasteiger partial charge in [-0.25, -0.2) is 0 Å². The summed E-state index contributed by atoms with van der Waals surface area (Å²) in [6.45, 7) is 0. The highest BCUT2D eigenvalue weighted by Crippen LogP contribution is 2.27. The Morgan fingerprint density at radius 2 is 1.50 bits per heavy atom. The van der Waals surface area contributed by atoms with Crippen molar-refractivity contribution in [3.8, 4) is 0 Å². The Morgan fingerprint density at radius 1 is 0.750 bits per heavy atom. The summed E-state index contributed by atoms with van der Waals surface area (Å²) in [5.74, 6) is 0. The molecule has 0 heterocycles. The van der Waals surface area contributed by atoms with Gasteiger partial charge in [-0.05, 0) is 35.7 Å². The van der Waals surface area contributed by atoms with Crippen LogP contribution < -0.4 is 0 Å². The van der Waals surface area contributed by atoms with Gasteiger partial charge in [0, 0.05) is 10.9 Å². The second-order valence-electron chi connectivity index (χ2n) is 4.41. The van der Waals surface area contributed by atoms with Crippen LogP contribution >= 0.6 is 0 Å². The van der Waals surface area contributed by atoms with Gasteiger partial charge in [-0.1, -0.05) is 36.4 Å². The minimum absolute atomic E-state index is 0.633. The minimum Gasteiger partial charge on any atom is -0.298 e. The molecule has 20 heavy (non-hydrogen) atoms. The molecule has 0 saturated heterocycles. The third-order valence-corrected chi connectivity index (χ3v) is 3.07. The van der Waals surface area contributed by atoms with Gasteiger partial charge in [-0.15, -0.1) is 5.11 Å². The molecule has 0 saturated carbocycles. The standard InChI is InChI=1S/C17H12N2O/c20-12-13-8-10-15(11-9-13)18-19-17-7-3-5-14-4-1-2-6-16(14)17/h1-12H. The lowest BCUT2D eigenvalue weighted by molar-refractivity contribution is 0.112. The quantitative estimate of drug-likeness (QED) is 0.479. The third kappa shape index (κ3) is 2.47. The summed E-state index contributed by atoms with van der Waals surface area (Å²) in [6.07, 6.45) is 0.811. The lowest BCUT2D eigenvalue weighted by Crippen LogP contribution is -1.75. The Hall–Kier alpha value is -2.81. The normalized spacial score (nSPS) is 11.0. The Balaban J connectivity index is 1.95. The van der Waals surface area contributed by atoms with E-state index in [0.29, 0.717) is 5.56 Å². The summed E-state index contributed by atoms with van der Waals surface area (Å²) in [5.41, 5.74) is 2.19. The number of benzene rings is 3. The van der Waals surface area contributed by atoms with Gasteiger partial charge in [0.15, 0.2) is 0 Å². The van der Waals surface area contributed by atoms with Crippen molar-refractivity contribution in [1.29, 1.82) is 0 Å². The SMILES string of the molecule is O=Cc1ccc(N=Nc2cccc3ccccc23)cc1. The van der Waals surface area contributed by atoms with Crippen LogP contribution in [0.3, 0.4) is 0 Å². The zero-order valence-electron chi connectivity index (χ0n) is 10.7. The van der Waals surface area contributed by atoms with Gasteiger partial charge in [-0.3, -0.25) is 4.79 Å². The first kappa shape index (κ1) is 12.2. The van der Waals surface area contributed by atoms with Crippen LogP contribution in [0.1, 0.15) is 10.4 Å². The molecule has 0 atom stereocenters. The molecule has 3 rings (SSSR count). The summed E-state index contributed by atoms with van der Waals surface area (Å²) in [7, 11) is 0. The lowest BCUT2D eigenvalue weighted by Gasteiger charge is -2.00. The maximum atomic E-state index is 10.6. The average Bonchev–Trinajstić information content (AvgIpc) is 2.53. The molecular weight excluding hydrogens is 248 g/mol. The molecule has 3 aromatic rings. The van der Waals surface area contributed by atoms with E-state index in [4.69, 9.17) is 0 Å². The minimum atomic E-state index is 0.633. The fourth-order valence-corrected chi connectivity index (χ4v) is 2.03. The topological polar surface area (TPSA) is 41.8 Å². The van der Waals surface area contributed by atoms with Crippen LogP contribution in [0.5, 0.6) is 0 Å². The predicted octanol–water partition coefficient (Wildman–Crippen LogP) is 5.07. The maximum absolute atomic E-state index is 10.6. The molecule has 0 aliphatic heterocycles. The van der Waals surface area contributed by atoms with Gasteiger partial charge < -0.3 is 0 Å². The molecule has 0 aliphatic rings. The molecule has 0 bridgehead atoms. The van der Waals surface area contributed by atoms with Gasteiger partial charge >= 0.3 is 0 Å². The number of carbonyl (C=O) groups excluding carboxylic acids is 1. The lowest BCUT2D eigenvalue weighted by atomic mass is 10.1. The van der Waals surface area contributed by atoms with Crippen LogP contribution in [-0.2, 0) is 0 Å². The monoisotopic (exact) mass is 260 g/mol. The molecule has 0 unspecified atom stereocenters. The molecule has 3 heteroatoms. The van der Waals surface area contributed by atoms with Crippen molar-refractivity contribution in [2.75, 3.05) is 0 Å². The molecule has 3 aromatic carbocycles. The summed E-state index contributed by atoms with van der Waals surface area (Å²) in [6, 6.07) is 21.0. The van der Waals surface area contributed by atoms with Gasteiger partial charge in [-0.2, -0.15) is 5.11 Å². The molecule has 0 radical (unpaired) electrons. The van der Waals surface area contributed by atoms with Crippen LogP contribution in [0, 0.1) is 0 Å². The van der Waals surface area contributed by atoms with Gasteiger partial charge in [0.05, 0.1) is 11.4 Å². The molecule has 0 amide bonds. The first-order chi connectivity index (χ1) is 9.86. The Bertz CT molecular complexity index is 771. The van der Waals surface area contributed by atoms with Gasteiger partial charge in [0.25, 0.3) is 0 Å². The third-order valence-electron chi connectivity index (χ3n) is 3.07. The van der Waals surface area contributed by atoms with Crippen molar-refractivity contribution in [2.24, 2.45) is 10.2 Å². The Morgan fingerprint density at radius 3 is 2.30 bits per heavy atom. The molecule has 0 N–H and O–H groups in total. The summed E-state index contributed by atoms with van der Waals surface area (Å²) >= 11 is 0. The van der Waals surface area contributed by atoms with Crippen molar-refractivity contribution in [2.45, 2.75) is 0 Å². The fraction of sp³-hybridized carbons (Fsp3) is 0. The number of hydrogen-bond acceptors (Lipinski definition) is 3. The van der Waals surface area contributed by atoms with E-state index in [0.717, 1.165) is 28.4 Å². The number of aldehydes is 1. The van der Waals surface area contributed by atoms with E-state index in [1.807, 2.05) is 42.5 Å². The predicted molar refractivity (Wildman–Crippen MR) is 80.0 cm³/mol. The molecular formula is C17H12N2O. The van der Waals surface area contributed by atoms with Crippen molar-refractivity contribution in [3.63, 3.8) is 0 Å². The molecule has 0 spiro atoms. The average molecular weight is 260 g/mol. The highest BCUT2D eigenvalue weighted by atomic mass is 16.1. The number of rotatable bonds is 3. The van der Waals surface area contributed by atoms with E-state index in [-0.39, 0.29) is 0 Å². The van der Waals surface area contributed by atoms with E-state index in [1.165, 1.54) is 0 Å². The molecule has 3 nitrogen and oxygen atoms in total. The van der Waals surface area contributed by atoms with Crippen molar-refractivity contribution >= 4 is 28.4 Å². The number of azo groups is 1. The van der Waals surface area contributed by atoms with Crippen LogP contribution in [0.25, 0.3) is 10.8 Å². The second kappa shape index (κ2) is 5.45. The van der Waals surface area contributed by atoms with Crippen LogP contribution in [0.4, 0.5) is 11.4 Å². The highest BCUT2D eigenvalue weighted by Gasteiger charge is 1.98. The van der Waals surface area contributed by atoms with Crippen LogP contribution in [0.15, 0.2) is 77.0 Å². The molecule has 0 aliphatic carbocycles. The van der Waals surface area contributed by atoms with Gasteiger partial charge in [0.2, 0.25) is 0 Å². The first-order valence-electron chi connectivity index (χ1n) is 6.31. The second-order valence-corrected chi connectivity index (χ2v) is 4.41. The maximum Gasteiger partial charge on any atom is 0.150 e. The number of hydrogen-bond donors (Lipinski definition) is 0. The van der Waals surface area contributed by atoms with Crippen molar-refractivity contribution in [1.82, 2.24) is 0 Å². The van der Waals surface area contributed by atoms with E-state index in [9.17, 15) is 4.79 Å². The summed E-state index contributed by atoms with van der Waals surface area (Å²) in [5, 5.41) is 10.7. The zero-order valence-corrected chi connectivity index (χ0v) is 10.7. The number of fused-ring (bicyclic) bond motifs is 1. The van der Waals surface area contributed by atoms with E-state index in [1.54, 1.807) is 24.3 Å². The van der Waals surface area contributed by atoms with Crippen molar-refractivity contribution < 1.29 is 4.79 Å². The van der Waals surface area contributed by atoms with E-state index in [2.05, 4.69) is 10.2 Å². The summed E-state index contributed by atoms with van der Waals surface area (Å²) in [4.78, 5) is 10.6. The van der Waals surface area contributed by atoms with Crippen LogP contribution in [0.2, 0.25) is 0 Å². The molecule has 96 valence electrons. The zero-order chi connectivity index (χ0) is 13.8. The molecule has 0 aromatic heterocycles. The summed E-state index contributed by atoms with van der Waals surface area (Å²) < 4.78 is 0. The van der Waals surface area contributed by atoms with E-state index >= 15 is 0 Å². The smallest absolute Gasteiger partial charge is 0.150 e. The van der Waals surface area contributed by atoms with Crippen molar-refractivity contribution in [3.05, 3.63) is 72.3 Å². The number of nitrogens with zero attached hydrogens (tertiary/aromatic N) is 2. The first-order valence-corrected chi connectivity index (χ1v) is 6.31. The van der Waals surface area contributed by atoms with Crippen LogP contribution in [-0.4, -0.2) is 6.29 Å². The van der Waals surface area contributed by atoms with Gasteiger partial charge in [0.1, 0.15) is 6.29 Å². The molecule has 0 fully saturated rings. The Kier molecular flexibility index (Phi) is 3.33.